The fourth-order valence-electron chi connectivity index (χ4n) is 4.38. The average Bonchev–Trinajstić information content (AvgIpc) is 3.43. The number of hydrogen-bond donors (Lipinski definition) is 3. The van der Waals surface area contributed by atoms with Gasteiger partial charge in [0.25, 0.3) is 11.4 Å². The molecule has 46 heavy (non-hydrogen) atoms. The predicted octanol–water partition coefficient (Wildman–Crippen LogP) is 3.64. The van der Waals surface area contributed by atoms with Gasteiger partial charge < -0.3 is 15.5 Å². The first-order chi connectivity index (χ1) is 21.7. The van der Waals surface area contributed by atoms with E-state index in [1.54, 1.807) is 30.3 Å². The van der Waals surface area contributed by atoms with E-state index in [2.05, 4.69) is 15.3 Å². The number of alkyl halides is 3. The molecule has 0 saturated heterocycles. The molecule has 5 rings (SSSR count). The number of nitrogens with zero attached hydrogens (tertiary/aromatic N) is 3. The maximum Gasteiger partial charge on any atom is 0.516 e. The number of nitrogens with two attached hydrogens (primary N) is 1. The summed E-state index contributed by atoms with van der Waals surface area (Å²) in [5.74, 6) is -2.70. The number of nitrogens with one attached hydrogen (secondary N) is 2. The molecular weight excluding hydrogens is 636 g/mol. The van der Waals surface area contributed by atoms with Crippen molar-refractivity contribution in [3.05, 3.63) is 107 Å². The lowest BCUT2D eigenvalue weighted by Gasteiger charge is -2.18. The Labute approximate surface area is 256 Å². The fraction of sp³-hybridized carbons (Fsp3) is 0.138. The van der Waals surface area contributed by atoms with E-state index in [1.165, 1.54) is 16.9 Å². The number of sulfonamides is 1. The van der Waals surface area contributed by atoms with Crippen LogP contribution >= 0.6 is 0 Å². The van der Waals surface area contributed by atoms with Crippen LogP contribution in [-0.2, 0) is 27.8 Å². The van der Waals surface area contributed by atoms with Gasteiger partial charge in [0.2, 0.25) is 11.7 Å². The first kappa shape index (κ1) is 31.8. The molecule has 17 heteroatoms. The van der Waals surface area contributed by atoms with Crippen molar-refractivity contribution in [1.29, 1.82) is 0 Å². The van der Waals surface area contributed by atoms with E-state index in [0.29, 0.717) is 11.1 Å². The molecule has 0 saturated carbocycles. The monoisotopic (exact) mass is 658 g/mol. The van der Waals surface area contributed by atoms with Crippen LogP contribution in [0.25, 0.3) is 22.5 Å². The Hall–Kier alpha value is -5.58. The summed E-state index contributed by atoms with van der Waals surface area (Å²) in [5, 5.41) is 2.56. The Balaban J connectivity index is 1.44. The van der Waals surface area contributed by atoms with Crippen LogP contribution in [0.15, 0.2) is 88.2 Å². The number of halogens is 4. The van der Waals surface area contributed by atoms with Crippen molar-refractivity contribution < 1.29 is 40.0 Å². The van der Waals surface area contributed by atoms with E-state index in [4.69, 9.17) is 10.2 Å². The highest BCUT2D eigenvalue weighted by molar-refractivity contribution is 7.93. The van der Waals surface area contributed by atoms with Gasteiger partial charge in [-0.15, -0.1) is 0 Å². The Morgan fingerprint density at radius 2 is 1.72 bits per heavy atom. The molecule has 0 radical (unpaired) electrons. The lowest BCUT2D eigenvalue weighted by atomic mass is 10.0. The number of ketones is 1. The minimum atomic E-state index is -5.72. The van der Waals surface area contributed by atoms with Gasteiger partial charge >= 0.3 is 15.5 Å². The third-order valence-corrected chi connectivity index (χ3v) is 7.68. The second-order valence-corrected chi connectivity index (χ2v) is 11.5. The van der Waals surface area contributed by atoms with Gasteiger partial charge in [-0.25, -0.2) is 14.4 Å². The SMILES string of the molecule is Nc1cnc(-c2ccc(F)cc2)n(CC(=O)NC(Cc2ccccc2)C(=O)c2nc3cc(NS(=O)(=O)C(F)(F)F)ccc3o2)c1=O. The van der Waals surface area contributed by atoms with Gasteiger partial charge in [0.05, 0.1) is 11.9 Å². The number of Topliss-reactive ketones (excluding diaryl/α,β-unsaturated/α-hetero) is 1. The van der Waals surface area contributed by atoms with Gasteiger partial charge in [-0.3, -0.25) is 23.7 Å². The number of hydrogen-bond acceptors (Lipinski definition) is 9. The van der Waals surface area contributed by atoms with E-state index < -0.39 is 62.8 Å². The zero-order valence-corrected chi connectivity index (χ0v) is 24.1. The second kappa shape index (κ2) is 12.4. The van der Waals surface area contributed by atoms with Crippen molar-refractivity contribution in [3.8, 4) is 11.4 Å². The van der Waals surface area contributed by atoms with Crippen LogP contribution < -0.4 is 21.3 Å². The molecule has 0 bridgehead atoms. The van der Waals surface area contributed by atoms with Crippen molar-refractivity contribution in [2.45, 2.75) is 24.5 Å². The van der Waals surface area contributed by atoms with Crippen LogP contribution in [0.2, 0.25) is 0 Å². The number of carbonyl (C=O) groups excluding carboxylic acids is 2. The first-order valence-electron chi connectivity index (χ1n) is 13.2. The average molecular weight is 659 g/mol. The number of carbonyl (C=O) groups is 2. The number of nitrogen functional groups attached to an aromatic ring is 1. The van der Waals surface area contributed by atoms with Crippen LogP contribution in [0, 0.1) is 5.82 Å². The molecule has 12 nitrogen and oxygen atoms in total. The van der Waals surface area contributed by atoms with Crippen LogP contribution in [0.5, 0.6) is 0 Å². The highest BCUT2D eigenvalue weighted by Gasteiger charge is 2.46. The number of anilines is 2. The summed E-state index contributed by atoms with van der Waals surface area (Å²) in [6, 6.07) is 15.3. The van der Waals surface area contributed by atoms with Crippen molar-refractivity contribution in [1.82, 2.24) is 19.9 Å². The molecule has 0 fully saturated rings. The number of oxazole rings is 1. The molecule has 5 aromatic rings. The van der Waals surface area contributed by atoms with E-state index >= 15 is 0 Å². The number of benzene rings is 3. The number of fused-ring (bicyclic) bond motifs is 1. The second-order valence-electron chi connectivity index (χ2n) is 9.86. The molecule has 2 heterocycles. The van der Waals surface area contributed by atoms with Gasteiger partial charge in [-0.05, 0) is 48.0 Å². The van der Waals surface area contributed by atoms with Crippen LogP contribution in [-0.4, -0.2) is 46.2 Å². The number of aromatic nitrogens is 3. The highest BCUT2D eigenvalue weighted by atomic mass is 32.2. The maximum absolute atomic E-state index is 13.6. The number of rotatable bonds is 10. The van der Waals surface area contributed by atoms with Crippen LogP contribution in [0.3, 0.4) is 0 Å². The molecule has 0 aliphatic carbocycles. The third-order valence-electron chi connectivity index (χ3n) is 6.57. The Bertz CT molecular complexity index is 2100. The summed E-state index contributed by atoms with van der Waals surface area (Å²) in [6.45, 7) is -0.640. The van der Waals surface area contributed by atoms with E-state index in [1.807, 2.05) is 0 Å². The molecular formula is C29H22F4N6O6S. The van der Waals surface area contributed by atoms with Gasteiger partial charge in [-0.2, -0.15) is 21.6 Å². The zero-order chi connectivity index (χ0) is 33.2. The minimum absolute atomic E-state index is 0.0104. The van der Waals surface area contributed by atoms with Gasteiger partial charge in [0.1, 0.15) is 35.4 Å². The van der Waals surface area contributed by atoms with E-state index in [-0.39, 0.29) is 29.0 Å². The standard InChI is InChI=1S/C29H22F4N6O6S/c30-18-8-6-17(7-9-18)26-35-14-20(34)28(42)39(26)15-24(40)36-22(12-16-4-2-1-3-5-16)25(41)27-37-21-13-19(10-11-23(21)45-27)38-46(43,44)29(31,32)33/h1-11,13-14,22,38H,12,15,34H2,(H,36,40). The summed E-state index contributed by atoms with van der Waals surface area (Å²) >= 11 is 0. The molecule has 0 aliphatic rings. The van der Waals surface area contributed by atoms with Crippen molar-refractivity contribution in [2.75, 3.05) is 10.5 Å². The quantitative estimate of drug-likeness (QED) is 0.149. The lowest BCUT2D eigenvalue weighted by molar-refractivity contribution is -0.122. The third kappa shape index (κ3) is 6.88. The number of amides is 1. The lowest BCUT2D eigenvalue weighted by Crippen LogP contribution is -2.45. The minimum Gasteiger partial charge on any atom is -0.434 e. The van der Waals surface area contributed by atoms with Crippen LogP contribution in [0.4, 0.5) is 28.9 Å². The molecule has 4 N–H and O–H groups in total. The molecule has 3 aromatic carbocycles. The summed E-state index contributed by atoms with van der Waals surface area (Å²) in [7, 11) is -5.72. The van der Waals surface area contributed by atoms with Crippen molar-refractivity contribution in [2.24, 2.45) is 0 Å². The summed E-state index contributed by atoms with van der Waals surface area (Å²) in [5.41, 5.74) is -0.591. The van der Waals surface area contributed by atoms with Gasteiger partial charge in [0, 0.05) is 12.0 Å². The van der Waals surface area contributed by atoms with Gasteiger partial charge in [0.15, 0.2) is 5.58 Å². The Morgan fingerprint density at radius 1 is 1.02 bits per heavy atom. The van der Waals surface area contributed by atoms with Crippen molar-refractivity contribution >= 4 is 44.2 Å². The Kier molecular flexibility index (Phi) is 8.60. The molecule has 0 aliphatic heterocycles. The summed E-state index contributed by atoms with van der Waals surface area (Å²) in [6.07, 6.45) is 1.04. The predicted molar refractivity (Wildman–Crippen MR) is 157 cm³/mol. The van der Waals surface area contributed by atoms with E-state index in [0.717, 1.165) is 41.1 Å². The molecule has 238 valence electrons. The Morgan fingerprint density at radius 3 is 2.39 bits per heavy atom. The summed E-state index contributed by atoms with van der Waals surface area (Å²) < 4.78 is 82.8. The largest absolute Gasteiger partial charge is 0.516 e. The zero-order valence-electron chi connectivity index (χ0n) is 23.3. The highest BCUT2D eigenvalue weighted by Crippen LogP contribution is 2.28. The topological polar surface area (TPSA) is 179 Å². The fourth-order valence-corrected chi connectivity index (χ4v) is 4.94. The molecule has 1 unspecified atom stereocenters. The van der Waals surface area contributed by atoms with Crippen LogP contribution in [0.1, 0.15) is 16.2 Å². The normalized spacial score (nSPS) is 12.5. The first-order valence-corrected chi connectivity index (χ1v) is 14.7. The molecule has 0 spiro atoms. The van der Waals surface area contributed by atoms with E-state index in [9.17, 15) is 40.4 Å². The molecule has 1 amide bonds. The summed E-state index contributed by atoms with van der Waals surface area (Å²) in [4.78, 5) is 48.0. The smallest absolute Gasteiger partial charge is 0.434 e. The van der Waals surface area contributed by atoms with Crippen molar-refractivity contribution in [3.63, 3.8) is 0 Å². The van der Waals surface area contributed by atoms with Gasteiger partial charge in [-0.1, -0.05) is 30.3 Å². The maximum atomic E-state index is 13.6. The molecule has 1 atom stereocenters. The molecule has 2 aromatic heterocycles.